The number of hydrogen-bond donors (Lipinski definition) is 2. The third kappa shape index (κ3) is 2.01. The molecule has 0 saturated carbocycles. The Balaban J connectivity index is 2.82. The molecule has 0 radical (unpaired) electrons. The lowest BCUT2D eigenvalue weighted by molar-refractivity contribution is 0.319. The molecule has 0 amide bonds. The second-order valence-corrected chi connectivity index (χ2v) is 6.94. The fraction of sp³-hybridized carbons (Fsp3) is 0.273. The van der Waals surface area contributed by atoms with Crippen LogP contribution in [0.4, 0.5) is 0 Å². The van der Waals surface area contributed by atoms with Crippen molar-refractivity contribution in [1.82, 2.24) is 4.72 Å². The number of aliphatic hydroxyl groups excluding tert-OH is 1. The van der Waals surface area contributed by atoms with E-state index in [1.54, 1.807) is 19.9 Å². The van der Waals surface area contributed by atoms with Crippen LogP contribution < -0.4 is 4.72 Å². The van der Waals surface area contributed by atoms with E-state index in [1.165, 1.54) is 12.1 Å². The molecular formula is C11H11Cl2NO3S. The van der Waals surface area contributed by atoms with E-state index >= 15 is 0 Å². The van der Waals surface area contributed by atoms with E-state index in [2.05, 4.69) is 4.72 Å². The van der Waals surface area contributed by atoms with Crippen LogP contribution in [0.15, 0.2) is 24.0 Å². The van der Waals surface area contributed by atoms with Gasteiger partial charge in [0.25, 0.3) is 0 Å². The Morgan fingerprint density at radius 2 is 1.72 bits per heavy atom. The maximum Gasteiger partial charge on any atom is 0.245 e. The van der Waals surface area contributed by atoms with E-state index in [1.807, 2.05) is 0 Å². The van der Waals surface area contributed by atoms with Crippen LogP contribution in [0.25, 0.3) is 4.91 Å². The average molecular weight is 308 g/mol. The number of sulfonamides is 1. The second-order valence-electron chi connectivity index (χ2n) is 4.50. The Kier molecular flexibility index (Phi) is 3.14. The van der Waals surface area contributed by atoms with Crippen molar-refractivity contribution in [2.75, 3.05) is 0 Å². The SMILES string of the molecule is CC1(C)NS(=O)(=O)C(c2c(Cl)cccc2Cl)=C1O. The minimum absolute atomic E-state index is 0.122. The first-order valence-electron chi connectivity index (χ1n) is 5.09. The van der Waals surface area contributed by atoms with Crippen molar-refractivity contribution in [1.29, 1.82) is 0 Å². The predicted molar refractivity (Wildman–Crippen MR) is 72.1 cm³/mol. The van der Waals surface area contributed by atoms with Gasteiger partial charge < -0.3 is 5.11 Å². The number of benzene rings is 1. The molecule has 1 aromatic rings. The Bertz CT molecular complexity index is 630. The molecule has 1 heterocycles. The molecule has 0 aromatic heterocycles. The normalized spacial score (nSPS) is 21.3. The average Bonchev–Trinajstić information content (AvgIpc) is 2.35. The molecule has 0 spiro atoms. The number of hydrogen-bond acceptors (Lipinski definition) is 3. The molecule has 2 rings (SSSR count). The summed E-state index contributed by atoms with van der Waals surface area (Å²) in [6, 6.07) is 4.64. The van der Waals surface area contributed by atoms with Gasteiger partial charge in [0.1, 0.15) is 10.7 Å². The lowest BCUT2D eigenvalue weighted by Crippen LogP contribution is -2.38. The Morgan fingerprint density at radius 1 is 1.22 bits per heavy atom. The summed E-state index contributed by atoms with van der Waals surface area (Å²) in [6.45, 7) is 3.11. The maximum absolute atomic E-state index is 12.0. The lowest BCUT2D eigenvalue weighted by Gasteiger charge is -2.16. The fourth-order valence-electron chi connectivity index (χ4n) is 1.81. The van der Waals surface area contributed by atoms with Gasteiger partial charge >= 0.3 is 0 Å². The van der Waals surface area contributed by atoms with Gasteiger partial charge in [-0.25, -0.2) is 8.42 Å². The van der Waals surface area contributed by atoms with Crippen molar-refractivity contribution >= 4 is 38.1 Å². The van der Waals surface area contributed by atoms with Gasteiger partial charge in [0.15, 0.2) is 0 Å². The molecule has 0 atom stereocenters. The molecule has 98 valence electrons. The second kappa shape index (κ2) is 4.13. The molecule has 4 nitrogen and oxygen atoms in total. The number of rotatable bonds is 1. The standard InChI is InChI=1S/C11H11Cl2NO3S/c1-11(2)10(15)9(18(16,17)14-11)8-6(12)4-3-5-7(8)13/h3-5,14-15H,1-2H3. The van der Waals surface area contributed by atoms with Crippen LogP contribution in [0, 0.1) is 0 Å². The Morgan fingerprint density at radius 3 is 2.11 bits per heavy atom. The molecule has 0 saturated heterocycles. The van der Waals surface area contributed by atoms with E-state index in [-0.39, 0.29) is 26.3 Å². The van der Waals surface area contributed by atoms with Gasteiger partial charge in [-0.2, -0.15) is 4.72 Å². The first-order chi connectivity index (χ1) is 8.17. The van der Waals surface area contributed by atoms with E-state index in [0.29, 0.717) is 0 Å². The van der Waals surface area contributed by atoms with Crippen LogP contribution in [0.2, 0.25) is 10.0 Å². The van der Waals surface area contributed by atoms with Crippen LogP contribution >= 0.6 is 23.2 Å². The smallest absolute Gasteiger partial charge is 0.245 e. The minimum Gasteiger partial charge on any atom is -0.509 e. The summed E-state index contributed by atoms with van der Waals surface area (Å²) in [6.07, 6.45) is 0. The zero-order chi connectivity index (χ0) is 13.7. The van der Waals surface area contributed by atoms with Crippen LogP contribution in [0.5, 0.6) is 0 Å². The van der Waals surface area contributed by atoms with E-state index in [4.69, 9.17) is 23.2 Å². The molecular weight excluding hydrogens is 297 g/mol. The van der Waals surface area contributed by atoms with Crippen LogP contribution in [0.1, 0.15) is 19.4 Å². The van der Waals surface area contributed by atoms with Crippen LogP contribution in [-0.4, -0.2) is 19.1 Å². The first-order valence-corrected chi connectivity index (χ1v) is 7.33. The summed E-state index contributed by atoms with van der Waals surface area (Å²) in [7, 11) is -3.83. The lowest BCUT2D eigenvalue weighted by atomic mass is 10.0. The number of halogens is 2. The summed E-state index contributed by atoms with van der Waals surface area (Å²) in [5, 5.41) is 10.4. The zero-order valence-corrected chi connectivity index (χ0v) is 12.0. The van der Waals surface area contributed by atoms with E-state index in [9.17, 15) is 13.5 Å². The molecule has 0 aliphatic carbocycles. The topological polar surface area (TPSA) is 66.4 Å². The largest absolute Gasteiger partial charge is 0.509 e. The van der Waals surface area contributed by atoms with Crippen molar-refractivity contribution < 1.29 is 13.5 Å². The summed E-state index contributed by atoms with van der Waals surface area (Å²) < 4.78 is 26.4. The van der Waals surface area contributed by atoms with Gasteiger partial charge in [0.05, 0.1) is 15.6 Å². The summed E-state index contributed by atoms with van der Waals surface area (Å²) in [5.41, 5.74) is -0.951. The van der Waals surface area contributed by atoms with Crippen molar-refractivity contribution in [3.05, 3.63) is 39.6 Å². The highest BCUT2D eigenvalue weighted by atomic mass is 35.5. The highest BCUT2D eigenvalue weighted by Gasteiger charge is 2.44. The maximum atomic E-state index is 12.0. The third-order valence-corrected chi connectivity index (χ3v) is 5.00. The van der Waals surface area contributed by atoms with E-state index in [0.717, 1.165) is 0 Å². The molecule has 0 fully saturated rings. The van der Waals surface area contributed by atoms with Crippen molar-refractivity contribution in [3.8, 4) is 0 Å². The summed E-state index contributed by atoms with van der Waals surface area (Å²) in [4.78, 5) is -0.261. The first kappa shape index (κ1) is 13.7. The summed E-state index contributed by atoms with van der Waals surface area (Å²) >= 11 is 11.9. The minimum atomic E-state index is -3.83. The van der Waals surface area contributed by atoms with Gasteiger partial charge in [-0.3, -0.25) is 0 Å². The number of aliphatic hydroxyl groups is 1. The molecule has 0 bridgehead atoms. The van der Waals surface area contributed by atoms with Crippen molar-refractivity contribution in [3.63, 3.8) is 0 Å². The van der Waals surface area contributed by atoms with Gasteiger partial charge in [-0.15, -0.1) is 0 Å². The van der Waals surface area contributed by atoms with Gasteiger partial charge in [0, 0.05) is 5.56 Å². The zero-order valence-electron chi connectivity index (χ0n) is 9.66. The van der Waals surface area contributed by atoms with Crippen LogP contribution in [0.3, 0.4) is 0 Å². The van der Waals surface area contributed by atoms with E-state index < -0.39 is 15.6 Å². The predicted octanol–water partition coefficient (Wildman–Crippen LogP) is 2.93. The molecule has 1 aliphatic heterocycles. The highest BCUT2D eigenvalue weighted by molar-refractivity contribution is 7.99. The molecule has 2 N–H and O–H groups in total. The highest BCUT2D eigenvalue weighted by Crippen LogP contribution is 2.41. The summed E-state index contributed by atoms with van der Waals surface area (Å²) in [5.74, 6) is -0.294. The molecule has 7 heteroatoms. The Labute approximate surface area is 115 Å². The fourth-order valence-corrected chi connectivity index (χ4v) is 4.38. The Hall–Kier alpha value is -0.750. The molecule has 1 aliphatic rings. The van der Waals surface area contributed by atoms with Gasteiger partial charge in [-0.05, 0) is 26.0 Å². The van der Waals surface area contributed by atoms with Crippen molar-refractivity contribution in [2.24, 2.45) is 0 Å². The monoisotopic (exact) mass is 307 g/mol. The van der Waals surface area contributed by atoms with Gasteiger partial charge in [-0.1, -0.05) is 29.3 Å². The molecule has 1 aromatic carbocycles. The van der Waals surface area contributed by atoms with Crippen LogP contribution in [-0.2, 0) is 10.0 Å². The number of nitrogens with one attached hydrogen (secondary N) is 1. The molecule has 18 heavy (non-hydrogen) atoms. The quantitative estimate of drug-likeness (QED) is 0.838. The third-order valence-electron chi connectivity index (χ3n) is 2.66. The van der Waals surface area contributed by atoms with Crippen molar-refractivity contribution in [2.45, 2.75) is 19.4 Å². The molecule has 0 unspecified atom stereocenters. The van der Waals surface area contributed by atoms with Gasteiger partial charge in [0.2, 0.25) is 10.0 Å².